The third-order valence-corrected chi connectivity index (χ3v) is 5.33. The Morgan fingerprint density at radius 3 is 2.66 bits per heavy atom. The highest BCUT2D eigenvalue weighted by Gasteiger charge is 2.32. The number of benzene rings is 2. The molecule has 166 valence electrons. The van der Waals surface area contributed by atoms with Gasteiger partial charge in [0, 0.05) is 30.0 Å². The average molecular weight is 444 g/mol. The van der Waals surface area contributed by atoms with Gasteiger partial charge in [0.15, 0.2) is 5.82 Å². The van der Waals surface area contributed by atoms with Gasteiger partial charge < -0.3 is 10.2 Å². The molecule has 1 amide bonds. The van der Waals surface area contributed by atoms with Crippen molar-refractivity contribution in [2.75, 3.05) is 18.0 Å². The number of fused-ring (bicyclic) bond motifs is 1. The summed E-state index contributed by atoms with van der Waals surface area (Å²) < 4.78 is 43.7. The topological polar surface area (TPSA) is 91.2 Å². The molecule has 0 saturated heterocycles. The first kappa shape index (κ1) is 21.4. The molecule has 3 aromatic rings. The van der Waals surface area contributed by atoms with Gasteiger partial charge in [0.1, 0.15) is 0 Å². The fourth-order valence-electron chi connectivity index (χ4n) is 3.85. The summed E-state index contributed by atoms with van der Waals surface area (Å²) in [5.74, 6) is -0.808. The van der Waals surface area contributed by atoms with E-state index in [2.05, 4.69) is 26.6 Å². The van der Waals surface area contributed by atoms with Gasteiger partial charge in [-0.3, -0.25) is 14.3 Å². The van der Waals surface area contributed by atoms with E-state index in [9.17, 15) is 22.8 Å². The molecule has 0 aliphatic carbocycles. The first-order valence-corrected chi connectivity index (χ1v) is 9.79. The molecule has 0 spiro atoms. The molecule has 0 saturated carbocycles. The fraction of sp³-hybridized carbons (Fsp3) is 0.227. The number of halogens is 3. The van der Waals surface area contributed by atoms with E-state index in [4.69, 9.17) is 0 Å². The number of hydrogen-bond acceptors (Lipinski definition) is 5. The van der Waals surface area contributed by atoms with Crippen LogP contribution in [0, 0.1) is 5.92 Å². The highest BCUT2D eigenvalue weighted by molar-refractivity contribution is 5.86. The molecule has 2 N–H and O–H groups in total. The van der Waals surface area contributed by atoms with Gasteiger partial charge in [-0.05, 0) is 54.3 Å². The van der Waals surface area contributed by atoms with Crippen LogP contribution in [0.3, 0.4) is 0 Å². The standard InChI is InChI=1S/C22H19F3N4O3/c1-2-19(30)26-11-13-10-17-16(20-27-21(31)32-28-20)4-3-5-18(17)29(12-13)15-8-6-14(7-9-15)22(23,24)25/h2-9,13H,1,10-12H2,(H,26,30)(H,27,28,31). The Hall–Kier alpha value is -3.82. The summed E-state index contributed by atoms with van der Waals surface area (Å²) in [5.41, 5.74) is 2.09. The van der Waals surface area contributed by atoms with Crippen molar-refractivity contribution in [3.8, 4) is 11.4 Å². The number of aromatic amines is 1. The van der Waals surface area contributed by atoms with Crippen molar-refractivity contribution in [3.63, 3.8) is 0 Å². The van der Waals surface area contributed by atoms with E-state index in [1.165, 1.54) is 18.2 Å². The van der Waals surface area contributed by atoms with Gasteiger partial charge in [0.05, 0.1) is 5.56 Å². The maximum Gasteiger partial charge on any atom is 0.439 e. The molecule has 7 nitrogen and oxygen atoms in total. The third-order valence-electron chi connectivity index (χ3n) is 5.33. The molecule has 1 atom stereocenters. The second-order valence-corrected chi connectivity index (χ2v) is 7.42. The van der Waals surface area contributed by atoms with E-state index in [1.807, 2.05) is 11.0 Å². The van der Waals surface area contributed by atoms with Gasteiger partial charge in [0.2, 0.25) is 5.91 Å². The lowest BCUT2D eigenvalue weighted by atomic mass is 9.88. The summed E-state index contributed by atoms with van der Waals surface area (Å²) in [6.45, 7) is 4.25. The number of H-pyrrole nitrogens is 1. The summed E-state index contributed by atoms with van der Waals surface area (Å²) in [6.07, 6.45) is -2.70. The van der Waals surface area contributed by atoms with E-state index in [0.717, 1.165) is 23.4 Å². The second-order valence-electron chi connectivity index (χ2n) is 7.42. The highest BCUT2D eigenvalue weighted by Crippen LogP contribution is 2.40. The third kappa shape index (κ3) is 4.29. The Labute approximate surface area is 180 Å². The van der Waals surface area contributed by atoms with Crippen molar-refractivity contribution < 1.29 is 22.5 Å². The molecule has 32 heavy (non-hydrogen) atoms. The van der Waals surface area contributed by atoms with E-state index in [-0.39, 0.29) is 17.6 Å². The number of carbonyl (C=O) groups is 1. The van der Waals surface area contributed by atoms with Gasteiger partial charge in [-0.15, -0.1) is 0 Å². The molecule has 1 aliphatic heterocycles. The van der Waals surface area contributed by atoms with Crippen LogP contribution in [0.15, 0.2) is 64.4 Å². The number of carbonyl (C=O) groups excluding carboxylic acids is 1. The van der Waals surface area contributed by atoms with Crippen LogP contribution in [0.4, 0.5) is 24.5 Å². The van der Waals surface area contributed by atoms with Crippen molar-refractivity contribution in [2.45, 2.75) is 12.6 Å². The summed E-state index contributed by atoms with van der Waals surface area (Å²) in [5, 5.41) is 6.55. The molecule has 10 heteroatoms. The number of hydrogen-bond donors (Lipinski definition) is 2. The predicted octanol–water partition coefficient (Wildman–Crippen LogP) is 3.66. The monoisotopic (exact) mass is 444 g/mol. The lowest BCUT2D eigenvalue weighted by Gasteiger charge is -2.37. The minimum absolute atomic E-state index is 0.0616. The van der Waals surface area contributed by atoms with Crippen LogP contribution in [0.1, 0.15) is 11.1 Å². The van der Waals surface area contributed by atoms with Crippen LogP contribution < -0.4 is 16.0 Å². The normalized spacial score (nSPS) is 15.8. The quantitative estimate of drug-likeness (QED) is 0.586. The van der Waals surface area contributed by atoms with Crippen molar-refractivity contribution in [1.82, 2.24) is 15.5 Å². The maximum atomic E-state index is 13.0. The molecule has 1 unspecified atom stereocenters. The first-order valence-electron chi connectivity index (χ1n) is 9.79. The highest BCUT2D eigenvalue weighted by atomic mass is 19.4. The van der Waals surface area contributed by atoms with Gasteiger partial charge in [-0.25, -0.2) is 4.79 Å². The van der Waals surface area contributed by atoms with Crippen LogP contribution in [-0.2, 0) is 17.4 Å². The Bertz CT molecular complexity index is 1200. The van der Waals surface area contributed by atoms with E-state index in [1.54, 1.807) is 12.1 Å². The van der Waals surface area contributed by atoms with Gasteiger partial charge in [-0.2, -0.15) is 13.2 Å². The summed E-state index contributed by atoms with van der Waals surface area (Å²) in [6, 6.07) is 10.3. The molecule has 0 radical (unpaired) electrons. The number of amides is 1. The summed E-state index contributed by atoms with van der Waals surface area (Å²) in [7, 11) is 0. The lowest BCUT2D eigenvalue weighted by molar-refractivity contribution is -0.137. The number of nitrogens with zero attached hydrogens (tertiary/aromatic N) is 2. The van der Waals surface area contributed by atoms with Crippen LogP contribution in [-0.4, -0.2) is 29.1 Å². The molecule has 0 bridgehead atoms. The summed E-state index contributed by atoms with van der Waals surface area (Å²) >= 11 is 0. The summed E-state index contributed by atoms with van der Waals surface area (Å²) in [4.78, 5) is 27.6. The van der Waals surface area contributed by atoms with Crippen LogP contribution >= 0.6 is 0 Å². The van der Waals surface area contributed by atoms with Crippen molar-refractivity contribution in [2.24, 2.45) is 5.92 Å². The minimum Gasteiger partial charge on any atom is -0.352 e. The van der Waals surface area contributed by atoms with E-state index >= 15 is 0 Å². The Morgan fingerprint density at radius 1 is 1.28 bits per heavy atom. The smallest absolute Gasteiger partial charge is 0.352 e. The SMILES string of the molecule is C=CC(=O)NCC1Cc2c(-c3noc(=O)[nH]3)cccc2N(c2ccc(C(F)(F)F)cc2)C1. The van der Waals surface area contributed by atoms with E-state index < -0.39 is 17.5 Å². The zero-order chi connectivity index (χ0) is 22.9. The van der Waals surface area contributed by atoms with E-state index in [0.29, 0.717) is 30.8 Å². The number of aromatic nitrogens is 2. The van der Waals surface area contributed by atoms with Crippen LogP contribution in [0.5, 0.6) is 0 Å². The molecule has 2 aromatic carbocycles. The average Bonchev–Trinajstić information content (AvgIpc) is 3.22. The molecule has 4 rings (SSSR count). The molecule has 2 heterocycles. The largest absolute Gasteiger partial charge is 0.439 e. The molecular weight excluding hydrogens is 425 g/mol. The maximum absolute atomic E-state index is 13.0. The van der Waals surface area contributed by atoms with Crippen LogP contribution in [0.2, 0.25) is 0 Å². The number of alkyl halides is 3. The second kappa shape index (κ2) is 8.37. The predicted molar refractivity (Wildman–Crippen MR) is 111 cm³/mol. The first-order chi connectivity index (χ1) is 15.3. The fourth-order valence-corrected chi connectivity index (χ4v) is 3.85. The number of rotatable bonds is 5. The van der Waals surface area contributed by atoms with Gasteiger partial charge >= 0.3 is 11.9 Å². The molecule has 1 aliphatic rings. The minimum atomic E-state index is -4.43. The zero-order valence-corrected chi connectivity index (χ0v) is 16.8. The lowest BCUT2D eigenvalue weighted by Crippen LogP contribution is -2.39. The molecule has 1 aromatic heterocycles. The van der Waals surface area contributed by atoms with Crippen molar-refractivity contribution >= 4 is 17.3 Å². The van der Waals surface area contributed by atoms with Crippen molar-refractivity contribution in [3.05, 3.63) is 76.8 Å². The number of anilines is 2. The van der Waals surface area contributed by atoms with Gasteiger partial charge in [0.25, 0.3) is 0 Å². The zero-order valence-electron chi connectivity index (χ0n) is 16.8. The molecule has 0 fully saturated rings. The Kier molecular flexibility index (Phi) is 5.60. The Morgan fingerprint density at radius 2 is 2.03 bits per heavy atom. The van der Waals surface area contributed by atoms with Crippen LogP contribution in [0.25, 0.3) is 11.4 Å². The molecular formula is C22H19F3N4O3. The van der Waals surface area contributed by atoms with Gasteiger partial charge in [-0.1, -0.05) is 23.9 Å². The Balaban J connectivity index is 1.75. The van der Waals surface area contributed by atoms with Crippen molar-refractivity contribution in [1.29, 1.82) is 0 Å². The number of nitrogens with one attached hydrogen (secondary N) is 2.